The molecular formula is C17H18N6O2S2. The van der Waals surface area contributed by atoms with E-state index in [-0.39, 0.29) is 10.2 Å². The summed E-state index contributed by atoms with van der Waals surface area (Å²) in [5.74, 6) is -1.12. The Balaban J connectivity index is 1.62. The van der Waals surface area contributed by atoms with Crippen LogP contribution < -0.4 is 32.3 Å². The third-order valence-corrected chi connectivity index (χ3v) is 3.42. The maximum absolute atomic E-state index is 11.7. The van der Waals surface area contributed by atoms with Crippen molar-refractivity contribution in [3.63, 3.8) is 0 Å². The number of benzene rings is 2. The highest BCUT2D eigenvalue weighted by Gasteiger charge is 2.10. The van der Waals surface area contributed by atoms with Crippen molar-refractivity contribution in [2.45, 2.75) is 6.42 Å². The molecule has 8 nitrogen and oxygen atoms in total. The number of rotatable bonds is 4. The second kappa shape index (κ2) is 10.7. The molecule has 2 aromatic carbocycles. The van der Waals surface area contributed by atoms with Crippen LogP contribution in [0.5, 0.6) is 0 Å². The Bertz CT molecular complexity index is 734. The number of thiocarbonyl (C=S) groups is 2. The summed E-state index contributed by atoms with van der Waals surface area (Å²) in [6.07, 6.45) is -0.415. The van der Waals surface area contributed by atoms with Crippen LogP contribution in [-0.4, -0.2) is 22.0 Å². The van der Waals surface area contributed by atoms with Crippen LogP contribution in [0.4, 0.5) is 11.4 Å². The summed E-state index contributed by atoms with van der Waals surface area (Å²) in [5, 5.41) is 6.15. The van der Waals surface area contributed by atoms with Gasteiger partial charge >= 0.3 is 0 Å². The smallest absolute Gasteiger partial charge is 0.247 e. The number of carbonyl (C=O) groups excluding carboxylic acids is 2. The largest absolute Gasteiger partial charge is 0.331 e. The Hall–Kier alpha value is -3.24. The fraction of sp³-hybridized carbons (Fsp3) is 0.0588. The molecule has 0 saturated carbocycles. The number of nitrogens with one attached hydrogen (secondary N) is 6. The van der Waals surface area contributed by atoms with E-state index in [1.807, 2.05) is 60.7 Å². The lowest BCUT2D eigenvalue weighted by Gasteiger charge is -2.13. The highest BCUT2D eigenvalue weighted by atomic mass is 32.1. The van der Waals surface area contributed by atoms with Gasteiger partial charge in [0.25, 0.3) is 0 Å². The standard InChI is InChI=1S/C17H18N6O2S2/c24-14(20-22-16(26)18-12-7-3-1-4-8-12)11-15(25)21-23-17(27)19-13-9-5-2-6-10-13/h1-10H,11H2,(H,20,24)(H,21,25)(H2,18,22,26)(H2,19,23,27). The Morgan fingerprint density at radius 1 is 0.630 bits per heavy atom. The molecule has 0 radical (unpaired) electrons. The predicted octanol–water partition coefficient (Wildman–Crippen LogP) is 1.41. The Morgan fingerprint density at radius 2 is 1.00 bits per heavy atom. The van der Waals surface area contributed by atoms with Crippen LogP contribution in [-0.2, 0) is 9.59 Å². The fourth-order valence-electron chi connectivity index (χ4n) is 1.85. The third kappa shape index (κ3) is 8.12. The number of hydrogen-bond acceptors (Lipinski definition) is 4. The number of para-hydroxylation sites is 2. The zero-order valence-electron chi connectivity index (χ0n) is 14.1. The van der Waals surface area contributed by atoms with E-state index in [0.717, 1.165) is 11.4 Å². The zero-order valence-corrected chi connectivity index (χ0v) is 15.7. The second-order valence-electron chi connectivity index (χ2n) is 5.16. The first-order valence-electron chi connectivity index (χ1n) is 7.84. The van der Waals surface area contributed by atoms with Crippen molar-refractivity contribution in [1.29, 1.82) is 0 Å². The van der Waals surface area contributed by atoms with E-state index in [1.54, 1.807) is 0 Å². The lowest BCUT2D eigenvalue weighted by Crippen LogP contribution is -2.48. The summed E-state index contributed by atoms with van der Waals surface area (Å²) in [6.45, 7) is 0. The van der Waals surface area contributed by atoms with E-state index < -0.39 is 18.2 Å². The van der Waals surface area contributed by atoms with Crippen molar-refractivity contribution in [2.24, 2.45) is 0 Å². The second-order valence-corrected chi connectivity index (χ2v) is 5.98. The van der Waals surface area contributed by atoms with Gasteiger partial charge in [0.15, 0.2) is 10.2 Å². The van der Waals surface area contributed by atoms with Gasteiger partial charge in [0.2, 0.25) is 11.8 Å². The van der Waals surface area contributed by atoms with Crippen molar-refractivity contribution >= 4 is 57.8 Å². The first-order valence-corrected chi connectivity index (χ1v) is 8.66. The molecule has 0 aliphatic rings. The third-order valence-electron chi connectivity index (χ3n) is 3.02. The van der Waals surface area contributed by atoms with Gasteiger partial charge in [-0.1, -0.05) is 36.4 Å². The Kier molecular flexibility index (Phi) is 7.94. The molecule has 27 heavy (non-hydrogen) atoms. The molecule has 2 aromatic rings. The summed E-state index contributed by atoms with van der Waals surface area (Å²) in [6, 6.07) is 18.4. The molecule has 0 heterocycles. The van der Waals surface area contributed by atoms with Crippen molar-refractivity contribution < 1.29 is 9.59 Å². The number of carbonyl (C=O) groups is 2. The van der Waals surface area contributed by atoms with Crippen LogP contribution in [0.2, 0.25) is 0 Å². The number of amides is 2. The van der Waals surface area contributed by atoms with Crippen LogP contribution in [0, 0.1) is 0 Å². The van der Waals surface area contributed by atoms with E-state index in [9.17, 15) is 9.59 Å². The topological polar surface area (TPSA) is 106 Å². The van der Waals surface area contributed by atoms with Gasteiger partial charge in [0, 0.05) is 11.4 Å². The predicted molar refractivity (Wildman–Crippen MR) is 112 cm³/mol. The number of hydrogen-bond donors (Lipinski definition) is 6. The van der Waals surface area contributed by atoms with E-state index in [0.29, 0.717) is 0 Å². The number of hydrazine groups is 2. The molecule has 0 spiro atoms. The summed E-state index contributed by atoms with van der Waals surface area (Å²) < 4.78 is 0. The molecule has 2 amide bonds. The van der Waals surface area contributed by atoms with Crippen LogP contribution in [0.25, 0.3) is 0 Å². The van der Waals surface area contributed by atoms with Gasteiger partial charge in [0.1, 0.15) is 6.42 Å². The molecule has 0 unspecified atom stereocenters. The minimum absolute atomic E-state index is 0.196. The van der Waals surface area contributed by atoms with E-state index >= 15 is 0 Å². The Morgan fingerprint density at radius 3 is 1.37 bits per heavy atom. The molecule has 6 N–H and O–H groups in total. The lowest BCUT2D eigenvalue weighted by atomic mass is 10.3. The molecule has 0 aliphatic carbocycles. The average molecular weight is 403 g/mol. The summed E-state index contributed by atoms with van der Waals surface area (Å²) >= 11 is 10.1. The molecule has 10 heteroatoms. The van der Waals surface area contributed by atoms with Crippen LogP contribution in [0.15, 0.2) is 60.7 Å². The highest BCUT2D eigenvalue weighted by Crippen LogP contribution is 2.04. The summed E-state index contributed by atoms with van der Waals surface area (Å²) in [4.78, 5) is 23.5. The van der Waals surface area contributed by atoms with Crippen LogP contribution in [0.1, 0.15) is 6.42 Å². The Labute approximate surface area is 167 Å². The minimum Gasteiger partial charge on any atom is -0.331 e. The van der Waals surface area contributed by atoms with Crippen molar-refractivity contribution in [1.82, 2.24) is 21.7 Å². The van der Waals surface area contributed by atoms with Gasteiger partial charge in [-0.05, 0) is 48.7 Å². The van der Waals surface area contributed by atoms with Crippen molar-refractivity contribution in [3.8, 4) is 0 Å². The van der Waals surface area contributed by atoms with Crippen LogP contribution in [0.3, 0.4) is 0 Å². The highest BCUT2D eigenvalue weighted by molar-refractivity contribution is 7.80. The van der Waals surface area contributed by atoms with Gasteiger partial charge in [-0.25, -0.2) is 0 Å². The number of anilines is 2. The molecule has 2 rings (SSSR count). The molecule has 0 aliphatic heterocycles. The SMILES string of the molecule is O=C(CC(=O)NNC(=S)Nc1ccccc1)NNC(=S)Nc1ccccc1. The maximum atomic E-state index is 11.7. The summed E-state index contributed by atoms with van der Waals surface area (Å²) in [7, 11) is 0. The maximum Gasteiger partial charge on any atom is 0.247 e. The normalized spacial score (nSPS) is 9.48. The van der Waals surface area contributed by atoms with Gasteiger partial charge in [-0.2, -0.15) is 0 Å². The molecule has 140 valence electrons. The minimum atomic E-state index is -0.562. The van der Waals surface area contributed by atoms with Gasteiger partial charge in [-0.3, -0.25) is 31.3 Å². The molecule has 0 aromatic heterocycles. The van der Waals surface area contributed by atoms with Crippen molar-refractivity contribution in [2.75, 3.05) is 10.6 Å². The van der Waals surface area contributed by atoms with E-state index in [2.05, 4.69) is 32.3 Å². The van der Waals surface area contributed by atoms with E-state index in [1.165, 1.54) is 0 Å². The molecular weight excluding hydrogens is 384 g/mol. The summed E-state index contributed by atoms with van der Waals surface area (Å²) in [5.41, 5.74) is 11.2. The molecule has 0 saturated heterocycles. The van der Waals surface area contributed by atoms with Crippen molar-refractivity contribution in [3.05, 3.63) is 60.7 Å². The van der Waals surface area contributed by atoms with Gasteiger partial charge < -0.3 is 10.6 Å². The fourth-order valence-corrected chi connectivity index (χ4v) is 2.19. The molecule has 0 atom stereocenters. The van der Waals surface area contributed by atoms with Crippen LogP contribution >= 0.6 is 24.4 Å². The quantitative estimate of drug-likeness (QED) is 0.259. The molecule has 0 bridgehead atoms. The van der Waals surface area contributed by atoms with E-state index in [4.69, 9.17) is 24.4 Å². The first-order chi connectivity index (χ1) is 13.0. The zero-order chi connectivity index (χ0) is 19.5. The monoisotopic (exact) mass is 402 g/mol. The molecule has 0 fully saturated rings. The average Bonchev–Trinajstić information content (AvgIpc) is 2.66. The lowest BCUT2D eigenvalue weighted by molar-refractivity contribution is -0.129. The van der Waals surface area contributed by atoms with Gasteiger partial charge in [-0.15, -0.1) is 0 Å². The first kappa shape index (κ1) is 20.1. The van der Waals surface area contributed by atoms with Gasteiger partial charge in [0.05, 0.1) is 0 Å².